The van der Waals surface area contributed by atoms with Crippen molar-refractivity contribution in [3.8, 4) is 0 Å². The van der Waals surface area contributed by atoms with Crippen LogP contribution in [0.5, 0.6) is 0 Å². The molecule has 3 fully saturated rings. The van der Waals surface area contributed by atoms with E-state index in [2.05, 4.69) is 16.3 Å². The zero-order chi connectivity index (χ0) is 22.5. The van der Waals surface area contributed by atoms with E-state index in [4.69, 9.17) is 0 Å². The van der Waals surface area contributed by atoms with Crippen molar-refractivity contribution in [2.45, 2.75) is 52.1 Å². The van der Waals surface area contributed by atoms with E-state index in [0.29, 0.717) is 5.69 Å². The van der Waals surface area contributed by atoms with Crippen molar-refractivity contribution in [1.82, 2.24) is 4.90 Å². The number of hydrogen-bond acceptors (Lipinski definition) is 4. The maximum atomic E-state index is 14.1. The molecule has 164 valence electrons. The first-order chi connectivity index (χ1) is 15.3. The molecule has 2 aromatic rings. The van der Waals surface area contributed by atoms with Gasteiger partial charge in [-0.05, 0) is 64.3 Å². The number of carbonyl (C=O) groups is 3. The Morgan fingerprint density at radius 3 is 2.44 bits per heavy atom. The topological polar surface area (TPSA) is 69.7 Å². The number of nitrogens with zero attached hydrogens (tertiary/aromatic N) is 2. The van der Waals surface area contributed by atoms with Gasteiger partial charge in [-0.15, -0.1) is 0 Å². The monoisotopic (exact) mass is 429 g/mol. The van der Waals surface area contributed by atoms with E-state index < -0.39 is 17.4 Å². The number of imide groups is 1. The van der Waals surface area contributed by atoms with Crippen LogP contribution in [0, 0.1) is 39.5 Å². The Morgan fingerprint density at radius 2 is 1.69 bits per heavy atom. The maximum Gasteiger partial charge on any atom is 0.250 e. The van der Waals surface area contributed by atoms with Crippen molar-refractivity contribution in [3.05, 3.63) is 58.1 Å². The quantitative estimate of drug-likeness (QED) is 0.706. The zero-order valence-electron chi connectivity index (χ0n) is 18.9. The highest BCUT2D eigenvalue weighted by molar-refractivity contribution is 6.26. The van der Waals surface area contributed by atoms with Crippen LogP contribution in [0.4, 0.5) is 11.4 Å². The van der Waals surface area contributed by atoms with Crippen LogP contribution >= 0.6 is 0 Å². The van der Waals surface area contributed by atoms with Crippen LogP contribution in [0.3, 0.4) is 0 Å². The van der Waals surface area contributed by atoms with Gasteiger partial charge in [0.2, 0.25) is 17.7 Å². The van der Waals surface area contributed by atoms with Gasteiger partial charge in [0, 0.05) is 17.3 Å². The van der Waals surface area contributed by atoms with Gasteiger partial charge in [-0.3, -0.25) is 19.3 Å². The summed E-state index contributed by atoms with van der Waals surface area (Å²) < 4.78 is 0. The van der Waals surface area contributed by atoms with Crippen LogP contribution in [-0.2, 0) is 19.9 Å². The van der Waals surface area contributed by atoms with Crippen LogP contribution in [0.1, 0.15) is 40.7 Å². The summed E-state index contributed by atoms with van der Waals surface area (Å²) in [6, 6.07) is 9.78. The van der Waals surface area contributed by atoms with Crippen molar-refractivity contribution in [2.24, 2.45) is 11.8 Å². The third-order valence-electron chi connectivity index (χ3n) is 8.04. The minimum Gasteiger partial charge on any atom is -0.324 e. The second-order valence-electron chi connectivity index (χ2n) is 9.93. The summed E-state index contributed by atoms with van der Waals surface area (Å²) in [6.45, 7) is 8.65. The fourth-order valence-corrected chi connectivity index (χ4v) is 6.95. The number of aryl methyl sites for hydroxylation is 4. The minimum absolute atomic E-state index is 0.0928. The van der Waals surface area contributed by atoms with Crippen LogP contribution < -0.4 is 10.2 Å². The van der Waals surface area contributed by atoms with Crippen molar-refractivity contribution < 1.29 is 14.4 Å². The highest BCUT2D eigenvalue weighted by Gasteiger charge is 2.74. The van der Waals surface area contributed by atoms with Gasteiger partial charge in [0.1, 0.15) is 5.54 Å². The first kappa shape index (κ1) is 19.7. The first-order valence-corrected chi connectivity index (χ1v) is 11.4. The predicted octanol–water partition coefficient (Wildman–Crippen LogP) is 3.35. The van der Waals surface area contributed by atoms with Gasteiger partial charge in [-0.1, -0.05) is 35.4 Å². The number of anilines is 2. The lowest BCUT2D eigenvalue weighted by molar-refractivity contribution is -0.135. The van der Waals surface area contributed by atoms with Gasteiger partial charge in [-0.25, -0.2) is 4.90 Å². The summed E-state index contributed by atoms with van der Waals surface area (Å²) >= 11 is 0. The van der Waals surface area contributed by atoms with E-state index >= 15 is 0 Å². The molecule has 3 saturated heterocycles. The average Bonchev–Trinajstić information content (AvgIpc) is 3.42. The Balaban J connectivity index is 1.58. The number of hydrogen-bond donors (Lipinski definition) is 1. The van der Waals surface area contributed by atoms with Crippen LogP contribution in [0.25, 0.3) is 0 Å². The molecule has 32 heavy (non-hydrogen) atoms. The molecule has 0 unspecified atom stereocenters. The van der Waals surface area contributed by atoms with Gasteiger partial charge in [0.25, 0.3) is 0 Å². The van der Waals surface area contributed by atoms with Gasteiger partial charge >= 0.3 is 0 Å². The number of nitrogens with one attached hydrogen (secondary N) is 1. The molecular formula is C26H27N3O3. The molecule has 3 amide bonds. The minimum atomic E-state index is -1.11. The normalized spacial score (nSPS) is 30.8. The van der Waals surface area contributed by atoms with Crippen molar-refractivity contribution in [3.63, 3.8) is 0 Å². The van der Waals surface area contributed by atoms with Gasteiger partial charge in [0.15, 0.2) is 0 Å². The van der Waals surface area contributed by atoms with Crippen molar-refractivity contribution >= 4 is 29.1 Å². The standard InChI is InChI=1S/C26H27N3O3/c1-13-7-8-18(15(3)10-13)29-23(30)20-19-6-5-9-28(19)26(21(20)24(29)31)17-12-14(2)11-16(4)22(17)27-25(26)32/h7-8,10-12,19-21H,5-6,9H2,1-4H3,(H,27,32)/t19-,20+,21-,26+/m0/s1. The zero-order valence-corrected chi connectivity index (χ0v) is 18.9. The van der Waals surface area contributed by atoms with Crippen LogP contribution in [0.15, 0.2) is 30.3 Å². The summed E-state index contributed by atoms with van der Waals surface area (Å²) in [5.74, 6) is -1.77. The molecule has 6 rings (SSSR count). The van der Waals surface area contributed by atoms with Crippen molar-refractivity contribution in [1.29, 1.82) is 0 Å². The Labute approximate surface area is 187 Å². The molecule has 4 heterocycles. The smallest absolute Gasteiger partial charge is 0.250 e. The second-order valence-corrected chi connectivity index (χ2v) is 9.93. The largest absolute Gasteiger partial charge is 0.324 e. The molecule has 0 bridgehead atoms. The molecule has 6 heteroatoms. The summed E-state index contributed by atoms with van der Waals surface area (Å²) in [7, 11) is 0. The lowest BCUT2D eigenvalue weighted by atomic mass is 9.75. The molecule has 1 N–H and O–H groups in total. The van der Waals surface area contributed by atoms with E-state index in [9.17, 15) is 14.4 Å². The highest BCUT2D eigenvalue weighted by Crippen LogP contribution is 2.61. The molecule has 4 aliphatic heterocycles. The number of amides is 3. The third kappa shape index (κ3) is 2.16. The molecule has 2 aromatic carbocycles. The Hall–Kier alpha value is -2.99. The molecular weight excluding hydrogens is 402 g/mol. The fourth-order valence-electron chi connectivity index (χ4n) is 6.95. The fraction of sp³-hybridized carbons (Fsp3) is 0.423. The van der Waals surface area contributed by atoms with E-state index in [1.54, 1.807) is 0 Å². The lowest BCUT2D eigenvalue weighted by Gasteiger charge is -2.37. The van der Waals surface area contributed by atoms with Gasteiger partial charge in [0.05, 0.1) is 17.5 Å². The lowest BCUT2D eigenvalue weighted by Crippen LogP contribution is -2.54. The molecule has 0 radical (unpaired) electrons. The number of carbonyl (C=O) groups excluding carboxylic acids is 3. The second kappa shape index (κ2) is 6.29. The average molecular weight is 430 g/mol. The SMILES string of the molecule is Cc1ccc(N2C(=O)[C@H]3[C@@H](C2=O)[C@]2(C(=O)Nc4c(C)cc(C)cc42)N2CCC[C@@H]32)c(C)c1. The molecule has 4 atom stereocenters. The van der Waals surface area contributed by atoms with E-state index in [1.165, 1.54) is 4.90 Å². The van der Waals surface area contributed by atoms with E-state index in [1.807, 2.05) is 52.0 Å². The first-order valence-electron chi connectivity index (χ1n) is 11.4. The van der Waals surface area contributed by atoms with Crippen LogP contribution in [-0.4, -0.2) is 35.2 Å². The molecule has 0 saturated carbocycles. The summed E-state index contributed by atoms with van der Waals surface area (Å²) in [6.07, 6.45) is 1.75. The Morgan fingerprint density at radius 1 is 0.938 bits per heavy atom. The summed E-state index contributed by atoms with van der Waals surface area (Å²) in [5, 5.41) is 3.10. The van der Waals surface area contributed by atoms with Gasteiger partial charge < -0.3 is 5.32 Å². The number of benzene rings is 2. The highest BCUT2D eigenvalue weighted by atomic mass is 16.2. The third-order valence-corrected chi connectivity index (χ3v) is 8.04. The predicted molar refractivity (Wildman–Crippen MR) is 121 cm³/mol. The van der Waals surface area contributed by atoms with Gasteiger partial charge in [-0.2, -0.15) is 0 Å². The van der Waals surface area contributed by atoms with E-state index in [-0.39, 0.29) is 23.8 Å². The molecule has 0 aromatic heterocycles. The van der Waals surface area contributed by atoms with Crippen molar-refractivity contribution in [2.75, 3.05) is 16.8 Å². The maximum absolute atomic E-state index is 14.1. The molecule has 1 spiro atoms. The molecule has 0 aliphatic carbocycles. The Kier molecular flexibility index (Phi) is 3.87. The molecule has 4 aliphatic rings. The summed E-state index contributed by atoms with van der Waals surface area (Å²) in [5.41, 5.74) is 5.22. The Bertz CT molecular complexity index is 1240. The van der Waals surface area contributed by atoms with E-state index in [0.717, 1.165) is 52.9 Å². The number of fused-ring (bicyclic) bond motifs is 7. The van der Waals surface area contributed by atoms with Crippen LogP contribution in [0.2, 0.25) is 0 Å². The molecule has 6 nitrogen and oxygen atoms in total. The summed E-state index contributed by atoms with van der Waals surface area (Å²) in [4.78, 5) is 45.2. The number of rotatable bonds is 1.